The second kappa shape index (κ2) is 9.19. The number of nitrogens with zero attached hydrogens (tertiary/aromatic N) is 2. The SMILES string of the molecule is COc1ccc(CN2CC(=O)N3C(CCc4ccccc4)c4[nH]c5ccccc5c4C[C@H]3C2=O)cc1. The maximum atomic E-state index is 13.8. The van der Waals surface area contributed by atoms with E-state index < -0.39 is 6.04 Å². The molecule has 2 aliphatic rings. The molecule has 2 amide bonds. The van der Waals surface area contributed by atoms with Gasteiger partial charge in [0.25, 0.3) is 0 Å². The van der Waals surface area contributed by atoms with Gasteiger partial charge in [-0.2, -0.15) is 0 Å². The lowest BCUT2D eigenvalue weighted by Gasteiger charge is -2.47. The van der Waals surface area contributed by atoms with E-state index in [1.165, 1.54) is 5.56 Å². The van der Waals surface area contributed by atoms with Crippen LogP contribution >= 0.6 is 0 Å². The summed E-state index contributed by atoms with van der Waals surface area (Å²) in [5.41, 5.74) is 5.51. The van der Waals surface area contributed by atoms with Gasteiger partial charge in [0.05, 0.1) is 13.2 Å². The molecule has 6 heteroatoms. The molecule has 1 unspecified atom stereocenters. The highest BCUT2D eigenvalue weighted by atomic mass is 16.5. The number of ether oxygens (including phenoxy) is 1. The van der Waals surface area contributed by atoms with Crippen LogP contribution < -0.4 is 4.74 Å². The van der Waals surface area contributed by atoms with Crippen LogP contribution in [0.2, 0.25) is 0 Å². The number of aromatic nitrogens is 1. The van der Waals surface area contributed by atoms with Crippen molar-refractivity contribution in [2.24, 2.45) is 0 Å². The van der Waals surface area contributed by atoms with Gasteiger partial charge in [-0.05, 0) is 47.7 Å². The minimum atomic E-state index is -0.489. The predicted octanol–water partition coefficient (Wildman–Crippen LogP) is 4.65. The number of H-pyrrole nitrogens is 1. The van der Waals surface area contributed by atoms with Gasteiger partial charge in [-0.15, -0.1) is 0 Å². The molecule has 1 N–H and O–H groups in total. The number of amides is 2. The molecule has 0 bridgehead atoms. The van der Waals surface area contributed by atoms with Crippen molar-refractivity contribution in [3.63, 3.8) is 0 Å². The molecule has 1 aromatic heterocycles. The summed E-state index contributed by atoms with van der Waals surface area (Å²) >= 11 is 0. The second-order valence-electron chi connectivity index (χ2n) is 9.67. The molecule has 1 saturated heterocycles. The first-order valence-electron chi connectivity index (χ1n) is 12.5. The standard InChI is InChI=1S/C30H29N3O3/c1-36-22-14-11-21(12-15-22)18-32-19-28(34)33-26(16-13-20-7-3-2-4-8-20)29-24(17-27(33)30(32)35)23-9-5-6-10-25(23)31-29/h2-12,14-15,26-27,31H,13,16-19H2,1H3/t26?,27-/m0/s1. The van der Waals surface area contributed by atoms with E-state index in [1.54, 1.807) is 12.0 Å². The van der Waals surface area contributed by atoms with Crippen LogP contribution in [0.1, 0.15) is 34.8 Å². The summed E-state index contributed by atoms with van der Waals surface area (Å²) < 4.78 is 5.25. The van der Waals surface area contributed by atoms with E-state index in [1.807, 2.05) is 59.5 Å². The number of hydrogen-bond donors (Lipinski definition) is 1. The number of benzene rings is 3. The minimum absolute atomic E-state index is 0.00970. The number of piperazine rings is 1. The molecule has 6 rings (SSSR count). The van der Waals surface area contributed by atoms with Crippen molar-refractivity contribution in [2.45, 2.75) is 37.9 Å². The largest absolute Gasteiger partial charge is 0.497 e. The van der Waals surface area contributed by atoms with E-state index in [-0.39, 0.29) is 24.4 Å². The number of carbonyl (C=O) groups is 2. The molecule has 0 radical (unpaired) electrons. The molecule has 36 heavy (non-hydrogen) atoms. The summed E-state index contributed by atoms with van der Waals surface area (Å²) in [4.78, 5) is 34.6. The Hall–Kier alpha value is -4.06. The van der Waals surface area contributed by atoms with Crippen molar-refractivity contribution in [1.82, 2.24) is 14.8 Å². The molecule has 3 aromatic carbocycles. The van der Waals surface area contributed by atoms with Crippen molar-refractivity contribution < 1.29 is 14.3 Å². The van der Waals surface area contributed by atoms with Crippen LogP contribution in [0.15, 0.2) is 78.9 Å². The van der Waals surface area contributed by atoms with Gasteiger partial charge in [-0.3, -0.25) is 9.59 Å². The molecule has 0 aliphatic carbocycles. The van der Waals surface area contributed by atoms with Gasteiger partial charge in [0.1, 0.15) is 18.3 Å². The first-order valence-corrected chi connectivity index (χ1v) is 12.5. The molecular formula is C30H29N3O3. The van der Waals surface area contributed by atoms with Crippen molar-refractivity contribution in [2.75, 3.05) is 13.7 Å². The molecule has 1 fully saturated rings. The van der Waals surface area contributed by atoms with Crippen LogP contribution in [0.4, 0.5) is 0 Å². The molecule has 4 aromatic rings. The highest BCUT2D eigenvalue weighted by Crippen LogP contribution is 2.41. The third-order valence-electron chi connectivity index (χ3n) is 7.54. The van der Waals surface area contributed by atoms with Gasteiger partial charge >= 0.3 is 0 Å². The lowest BCUT2D eigenvalue weighted by atomic mass is 9.86. The Morgan fingerprint density at radius 3 is 2.44 bits per heavy atom. The zero-order valence-corrected chi connectivity index (χ0v) is 20.3. The lowest BCUT2D eigenvalue weighted by Crippen LogP contribution is -2.62. The van der Waals surface area contributed by atoms with Gasteiger partial charge in [0.15, 0.2) is 0 Å². The summed E-state index contributed by atoms with van der Waals surface area (Å²) in [7, 11) is 1.63. The van der Waals surface area contributed by atoms with Crippen molar-refractivity contribution >= 4 is 22.7 Å². The maximum absolute atomic E-state index is 13.8. The summed E-state index contributed by atoms with van der Waals surface area (Å²) in [6.07, 6.45) is 2.13. The van der Waals surface area contributed by atoms with Gasteiger partial charge < -0.3 is 19.5 Å². The number of rotatable bonds is 6. The van der Waals surface area contributed by atoms with Crippen molar-refractivity contribution in [3.05, 3.63) is 101 Å². The van der Waals surface area contributed by atoms with E-state index in [2.05, 4.69) is 29.2 Å². The first-order chi connectivity index (χ1) is 17.6. The van der Waals surface area contributed by atoms with Crippen LogP contribution in [0.25, 0.3) is 10.9 Å². The Labute approximate surface area is 210 Å². The second-order valence-corrected chi connectivity index (χ2v) is 9.67. The van der Waals surface area contributed by atoms with Crippen LogP contribution in [0.5, 0.6) is 5.75 Å². The van der Waals surface area contributed by atoms with Crippen LogP contribution in [-0.4, -0.2) is 46.3 Å². The van der Waals surface area contributed by atoms with Gasteiger partial charge in [0.2, 0.25) is 11.8 Å². The number of aromatic amines is 1. The molecular weight excluding hydrogens is 450 g/mol. The number of aryl methyl sites for hydroxylation is 1. The Balaban J connectivity index is 1.33. The molecule has 6 nitrogen and oxygen atoms in total. The number of fused-ring (bicyclic) bond motifs is 4. The number of methoxy groups -OCH3 is 1. The van der Waals surface area contributed by atoms with E-state index in [9.17, 15) is 9.59 Å². The van der Waals surface area contributed by atoms with Gasteiger partial charge in [0, 0.05) is 29.6 Å². The van der Waals surface area contributed by atoms with Crippen LogP contribution in [0, 0.1) is 0 Å². The molecule has 182 valence electrons. The summed E-state index contributed by atoms with van der Waals surface area (Å²) in [6.45, 7) is 0.507. The molecule has 3 heterocycles. The molecule has 0 spiro atoms. The third kappa shape index (κ3) is 3.92. The van der Waals surface area contributed by atoms with Crippen LogP contribution in [0.3, 0.4) is 0 Å². The average molecular weight is 480 g/mol. The van der Waals surface area contributed by atoms with E-state index in [0.29, 0.717) is 13.0 Å². The summed E-state index contributed by atoms with van der Waals surface area (Å²) in [5.74, 6) is 0.799. The number of carbonyl (C=O) groups excluding carboxylic acids is 2. The zero-order chi connectivity index (χ0) is 24.6. The zero-order valence-electron chi connectivity index (χ0n) is 20.3. The molecule has 2 aliphatic heterocycles. The fourth-order valence-electron chi connectivity index (χ4n) is 5.78. The smallest absolute Gasteiger partial charge is 0.246 e. The number of hydrogen-bond acceptors (Lipinski definition) is 3. The Morgan fingerprint density at radius 2 is 1.67 bits per heavy atom. The highest BCUT2D eigenvalue weighted by Gasteiger charge is 2.47. The van der Waals surface area contributed by atoms with Crippen molar-refractivity contribution in [1.29, 1.82) is 0 Å². The number of para-hydroxylation sites is 1. The van der Waals surface area contributed by atoms with E-state index in [0.717, 1.165) is 46.3 Å². The van der Waals surface area contributed by atoms with Gasteiger partial charge in [-0.25, -0.2) is 0 Å². The lowest BCUT2D eigenvalue weighted by molar-refractivity contribution is -0.160. The average Bonchev–Trinajstić information content (AvgIpc) is 3.29. The fraction of sp³-hybridized carbons (Fsp3) is 0.267. The highest BCUT2D eigenvalue weighted by molar-refractivity contribution is 5.97. The quantitative estimate of drug-likeness (QED) is 0.438. The third-order valence-corrected chi connectivity index (χ3v) is 7.54. The molecule has 0 saturated carbocycles. The maximum Gasteiger partial charge on any atom is 0.246 e. The number of nitrogens with one attached hydrogen (secondary N) is 1. The van der Waals surface area contributed by atoms with E-state index in [4.69, 9.17) is 4.74 Å². The summed E-state index contributed by atoms with van der Waals surface area (Å²) in [6, 6.07) is 25.6. The first kappa shape index (κ1) is 22.4. The normalized spacial score (nSPS) is 19.4. The monoisotopic (exact) mass is 479 g/mol. The Morgan fingerprint density at radius 1 is 0.917 bits per heavy atom. The minimum Gasteiger partial charge on any atom is -0.497 e. The fourth-order valence-corrected chi connectivity index (χ4v) is 5.78. The van der Waals surface area contributed by atoms with Crippen LogP contribution in [-0.2, 0) is 29.0 Å². The summed E-state index contributed by atoms with van der Waals surface area (Å²) in [5, 5.41) is 1.14. The van der Waals surface area contributed by atoms with E-state index >= 15 is 0 Å². The topological polar surface area (TPSA) is 65.6 Å². The predicted molar refractivity (Wildman–Crippen MR) is 139 cm³/mol. The Bertz CT molecular complexity index is 1410. The van der Waals surface area contributed by atoms with Crippen molar-refractivity contribution in [3.8, 4) is 5.75 Å². The molecule has 2 atom stereocenters. The Kier molecular flexibility index (Phi) is 5.72. The van der Waals surface area contributed by atoms with Gasteiger partial charge in [-0.1, -0.05) is 60.7 Å².